The van der Waals surface area contributed by atoms with Crippen LogP contribution in [0.2, 0.25) is 0 Å². The van der Waals surface area contributed by atoms with Crippen LogP contribution in [0.1, 0.15) is 46.0 Å². The van der Waals surface area contributed by atoms with Gasteiger partial charge in [0.15, 0.2) is 0 Å². The number of amides is 1. The van der Waals surface area contributed by atoms with Crippen LogP contribution in [0, 0.1) is 13.8 Å². The van der Waals surface area contributed by atoms with E-state index >= 15 is 0 Å². The van der Waals surface area contributed by atoms with Crippen molar-refractivity contribution in [1.82, 2.24) is 10.6 Å². The van der Waals surface area contributed by atoms with Crippen LogP contribution in [0.25, 0.3) is 0 Å². The lowest BCUT2D eigenvalue weighted by atomic mass is 9.95. The van der Waals surface area contributed by atoms with Crippen molar-refractivity contribution in [2.75, 3.05) is 25.4 Å². The highest BCUT2D eigenvalue weighted by atomic mass is 32.2. The normalized spacial score (nSPS) is 16.9. The minimum Gasteiger partial charge on any atom is -0.427 e. The zero-order valence-electron chi connectivity index (χ0n) is 15.8. The zero-order valence-corrected chi connectivity index (χ0v) is 16.7. The number of carbonyl (C=O) groups is 1. The molecule has 1 aliphatic rings. The first-order valence-electron chi connectivity index (χ1n) is 9.37. The second-order valence-electron chi connectivity index (χ2n) is 6.95. The van der Waals surface area contributed by atoms with Gasteiger partial charge in [-0.1, -0.05) is 17.7 Å². The number of piperidine rings is 1. The van der Waals surface area contributed by atoms with Crippen LogP contribution >= 0.6 is 11.8 Å². The Morgan fingerprint density at radius 1 is 1.30 bits per heavy atom. The number of hydrogen-bond donors (Lipinski definition) is 2. The summed E-state index contributed by atoms with van der Waals surface area (Å²) >= 11 is 1.67. The highest BCUT2D eigenvalue weighted by Crippen LogP contribution is 2.23. The molecule has 1 aromatic carbocycles. The summed E-state index contributed by atoms with van der Waals surface area (Å²) in [5, 5.41) is 6.15. The maximum Gasteiger partial charge on any atom is 0.349 e. The molecule has 1 unspecified atom stereocenters. The SMILES string of the molecule is Cc1ccc(SCCNC(=O)c2c(C)cc(C3CCCNC3)oc2=O)cc1. The van der Waals surface area contributed by atoms with Gasteiger partial charge in [0.1, 0.15) is 11.3 Å². The molecule has 144 valence electrons. The second kappa shape index (κ2) is 9.24. The van der Waals surface area contributed by atoms with Crippen LogP contribution in [0.15, 0.2) is 44.4 Å². The van der Waals surface area contributed by atoms with Crippen LogP contribution in [0.3, 0.4) is 0 Å². The third-order valence-electron chi connectivity index (χ3n) is 4.77. The molecule has 2 heterocycles. The van der Waals surface area contributed by atoms with Crippen molar-refractivity contribution in [3.63, 3.8) is 0 Å². The maximum absolute atomic E-state index is 12.4. The Morgan fingerprint density at radius 2 is 2.07 bits per heavy atom. The van der Waals surface area contributed by atoms with Crippen LogP contribution in [0.4, 0.5) is 0 Å². The van der Waals surface area contributed by atoms with Crippen molar-refractivity contribution in [3.8, 4) is 0 Å². The van der Waals surface area contributed by atoms with Gasteiger partial charge in [-0.25, -0.2) is 4.79 Å². The molecule has 0 bridgehead atoms. The van der Waals surface area contributed by atoms with Gasteiger partial charge in [0.05, 0.1) is 0 Å². The van der Waals surface area contributed by atoms with E-state index in [2.05, 4.69) is 41.8 Å². The first-order valence-corrected chi connectivity index (χ1v) is 10.4. The lowest BCUT2D eigenvalue weighted by molar-refractivity contribution is 0.0951. The molecule has 2 aromatic rings. The van der Waals surface area contributed by atoms with E-state index in [0.29, 0.717) is 17.9 Å². The molecule has 1 aromatic heterocycles. The number of hydrogen-bond acceptors (Lipinski definition) is 5. The molecule has 6 heteroatoms. The molecule has 0 aliphatic carbocycles. The van der Waals surface area contributed by atoms with Gasteiger partial charge in [-0.2, -0.15) is 0 Å². The molecule has 3 rings (SSSR count). The summed E-state index contributed by atoms with van der Waals surface area (Å²) < 4.78 is 5.48. The fourth-order valence-electron chi connectivity index (χ4n) is 3.26. The average Bonchev–Trinajstić information content (AvgIpc) is 2.67. The number of rotatable bonds is 6. The van der Waals surface area contributed by atoms with Gasteiger partial charge in [-0.05, 0) is 57.0 Å². The van der Waals surface area contributed by atoms with Crippen molar-refractivity contribution in [2.24, 2.45) is 0 Å². The summed E-state index contributed by atoms with van der Waals surface area (Å²) in [6.07, 6.45) is 2.06. The monoisotopic (exact) mass is 386 g/mol. The van der Waals surface area contributed by atoms with Crippen LogP contribution in [-0.4, -0.2) is 31.3 Å². The topological polar surface area (TPSA) is 71.3 Å². The zero-order chi connectivity index (χ0) is 19.2. The van der Waals surface area contributed by atoms with Crippen LogP contribution in [0.5, 0.6) is 0 Å². The molecule has 2 N–H and O–H groups in total. The minimum atomic E-state index is -0.542. The van der Waals surface area contributed by atoms with Gasteiger partial charge in [0.25, 0.3) is 5.91 Å². The lowest BCUT2D eigenvalue weighted by Crippen LogP contribution is -2.32. The van der Waals surface area contributed by atoms with Gasteiger partial charge < -0.3 is 15.1 Å². The van der Waals surface area contributed by atoms with E-state index in [9.17, 15) is 9.59 Å². The predicted molar refractivity (Wildman–Crippen MR) is 109 cm³/mol. The van der Waals surface area contributed by atoms with Crippen molar-refractivity contribution >= 4 is 17.7 Å². The summed E-state index contributed by atoms with van der Waals surface area (Å²) in [5.41, 5.74) is 1.47. The van der Waals surface area contributed by atoms with Crippen molar-refractivity contribution in [1.29, 1.82) is 0 Å². The largest absolute Gasteiger partial charge is 0.427 e. The number of thioether (sulfide) groups is 1. The molecule has 1 fully saturated rings. The summed E-state index contributed by atoms with van der Waals surface area (Å²) in [5.74, 6) is 1.26. The molecule has 1 atom stereocenters. The molecular formula is C21H26N2O3S. The van der Waals surface area contributed by atoms with Crippen molar-refractivity contribution in [2.45, 2.75) is 37.5 Å². The molecule has 27 heavy (non-hydrogen) atoms. The predicted octanol–water partition coefficient (Wildman–Crippen LogP) is 3.25. The van der Waals surface area contributed by atoms with E-state index in [-0.39, 0.29) is 17.4 Å². The Morgan fingerprint density at radius 3 is 2.74 bits per heavy atom. The smallest absolute Gasteiger partial charge is 0.349 e. The minimum absolute atomic E-state index is 0.114. The highest BCUT2D eigenvalue weighted by molar-refractivity contribution is 7.99. The molecule has 0 spiro atoms. The average molecular weight is 387 g/mol. The molecular weight excluding hydrogens is 360 g/mol. The first kappa shape index (κ1) is 19.7. The Balaban J connectivity index is 1.57. The van der Waals surface area contributed by atoms with E-state index < -0.39 is 5.63 Å². The lowest BCUT2D eigenvalue weighted by Gasteiger charge is -2.22. The third-order valence-corrected chi connectivity index (χ3v) is 5.79. The number of aryl methyl sites for hydroxylation is 2. The van der Waals surface area contributed by atoms with Gasteiger partial charge in [-0.3, -0.25) is 4.79 Å². The quantitative estimate of drug-likeness (QED) is 0.589. The summed E-state index contributed by atoms with van der Waals surface area (Å²) in [6.45, 7) is 6.15. The van der Waals surface area contributed by atoms with Gasteiger partial charge in [0, 0.05) is 29.7 Å². The Kier molecular flexibility index (Phi) is 6.74. The molecule has 1 aliphatic heterocycles. The second-order valence-corrected chi connectivity index (χ2v) is 8.12. The van der Waals surface area contributed by atoms with Crippen molar-refractivity contribution in [3.05, 3.63) is 63.2 Å². The summed E-state index contributed by atoms with van der Waals surface area (Å²) in [7, 11) is 0. The Hall–Kier alpha value is -2.05. The summed E-state index contributed by atoms with van der Waals surface area (Å²) in [4.78, 5) is 26.0. The van der Waals surface area contributed by atoms with E-state index in [0.717, 1.165) is 36.6 Å². The van der Waals surface area contributed by atoms with E-state index in [4.69, 9.17) is 4.42 Å². The Bertz CT molecular complexity index is 839. The first-order chi connectivity index (χ1) is 13.0. The fraction of sp³-hybridized carbons (Fsp3) is 0.429. The molecule has 5 nitrogen and oxygen atoms in total. The molecule has 1 saturated heterocycles. The Labute approximate surface area is 163 Å². The maximum atomic E-state index is 12.4. The van der Waals surface area contributed by atoms with E-state index in [1.165, 1.54) is 5.56 Å². The molecule has 0 radical (unpaired) electrons. The number of benzene rings is 1. The third kappa shape index (κ3) is 5.23. The van der Waals surface area contributed by atoms with Crippen molar-refractivity contribution < 1.29 is 9.21 Å². The fourth-order valence-corrected chi connectivity index (χ4v) is 4.03. The van der Waals surface area contributed by atoms with Crippen LogP contribution < -0.4 is 16.3 Å². The molecule has 1 amide bonds. The molecule has 0 saturated carbocycles. The number of carbonyl (C=O) groups excluding carboxylic acids is 1. The number of nitrogens with one attached hydrogen (secondary N) is 2. The van der Waals surface area contributed by atoms with Gasteiger partial charge in [-0.15, -0.1) is 11.8 Å². The standard InChI is InChI=1S/C21H26N2O3S/c1-14-5-7-17(8-6-14)27-11-10-23-20(24)19-15(2)12-18(26-21(19)25)16-4-3-9-22-13-16/h5-8,12,16,22H,3-4,9-11,13H2,1-2H3,(H,23,24). The van der Waals surface area contributed by atoms with Crippen LogP contribution in [-0.2, 0) is 0 Å². The summed E-state index contributed by atoms with van der Waals surface area (Å²) in [6, 6.07) is 10.1. The van der Waals surface area contributed by atoms with Gasteiger partial charge in [0.2, 0.25) is 0 Å². The highest BCUT2D eigenvalue weighted by Gasteiger charge is 2.22. The van der Waals surface area contributed by atoms with Gasteiger partial charge >= 0.3 is 5.63 Å². The van der Waals surface area contributed by atoms with E-state index in [1.54, 1.807) is 18.7 Å². The van der Waals surface area contributed by atoms with E-state index in [1.807, 2.05) is 6.07 Å².